The maximum atomic E-state index is 13.0. The summed E-state index contributed by atoms with van der Waals surface area (Å²) in [7, 11) is 0. The van der Waals surface area contributed by atoms with Crippen molar-refractivity contribution >= 4 is 11.7 Å². The van der Waals surface area contributed by atoms with Gasteiger partial charge in [-0.1, -0.05) is 35.5 Å². The molecule has 1 aliphatic heterocycles. The highest BCUT2D eigenvalue weighted by molar-refractivity contribution is 5.94. The number of hydrogen-bond donors (Lipinski definition) is 2. The van der Waals surface area contributed by atoms with Crippen LogP contribution < -0.4 is 5.32 Å². The van der Waals surface area contributed by atoms with Crippen molar-refractivity contribution in [2.24, 2.45) is 0 Å². The van der Waals surface area contributed by atoms with Crippen LogP contribution in [0.3, 0.4) is 0 Å². The van der Waals surface area contributed by atoms with Crippen molar-refractivity contribution in [1.29, 1.82) is 0 Å². The lowest BCUT2D eigenvalue weighted by molar-refractivity contribution is -0.143. The smallest absolute Gasteiger partial charge is 0.247 e. The molecule has 1 fully saturated rings. The fraction of sp³-hybridized carbons (Fsp3) is 0.474. The molecule has 0 radical (unpaired) electrons. The molecule has 26 heavy (non-hydrogen) atoms. The zero-order valence-corrected chi connectivity index (χ0v) is 15.3. The third kappa shape index (κ3) is 4.30. The highest BCUT2D eigenvalue weighted by Crippen LogP contribution is 2.27. The molecule has 140 valence electrons. The van der Waals surface area contributed by atoms with Crippen LogP contribution in [0.15, 0.2) is 40.9 Å². The van der Waals surface area contributed by atoms with E-state index in [2.05, 4.69) is 10.5 Å². The molecule has 2 N–H and O–H groups in total. The topological polar surface area (TPSA) is 87.8 Å². The van der Waals surface area contributed by atoms with Gasteiger partial charge >= 0.3 is 0 Å². The Hall–Kier alpha value is -2.22. The number of carbonyl (C=O) groups excluding carboxylic acids is 1. The van der Waals surface area contributed by atoms with E-state index >= 15 is 0 Å². The summed E-state index contributed by atoms with van der Waals surface area (Å²) in [6.45, 7) is 6.71. The van der Waals surface area contributed by atoms with Crippen LogP contribution in [0, 0.1) is 6.92 Å². The molecule has 2 unspecified atom stereocenters. The Bertz CT molecular complexity index is 739. The molecular formula is C19H25N3O4. The van der Waals surface area contributed by atoms with Crippen molar-refractivity contribution in [3.8, 4) is 0 Å². The summed E-state index contributed by atoms with van der Waals surface area (Å²) in [5.41, 5.74) is -0.110. The zero-order valence-electron chi connectivity index (χ0n) is 15.3. The monoisotopic (exact) mass is 359 g/mol. The summed E-state index contributed by atoms with van der Waals surface area (Å²) in [6, 6.07) is 10.7. The molecule has 1 saturated heterocycles. The normalized spacial score (nSPS) is 19.9. The summed E-state index contributed by atoms with van der Waals surface area (Å²) < 4.78 is 10.7. The molecule has 2 heterocycles. The number of aromatic nitrogens is 1. The molecule has 1 aromatic carbocycles. The standard InChI is InChI=1S/C19H25N3O4/c1-13-11-16(21-26-13)20-18(23)17(14-7-5-4-6-8-14)22-9-10-25-15(12-22)19(2,3)24/h4-8,11,15,17,24H,9-10,12H2,1-3H3,(H,20,21,23). The summed E-state index contributed by atoms with van der Waals surface area (Å²) in [4.78, 5) is 15.1. The second kappa shape index (κ2) is 7.57. The van der Waals surface area contributed by atoms with Gasteiger partial charge in [-0.05, 0) is 26.3 Å². The van der Waals surface area contributed by atoms with Crippen molar-refractivity contribution < 1.29 is 19.2 Å². The van der Waals surface area contributed by atoms with Crippen molar-refractivity contribution in [3.05, 3.63) is 47.7 Å². The lowest BCUT2D eigenvalue weighted by Crippen LogP contribution is -2.54. The summed E-state index contributed by atoms with van der Waals surface area (Å²) in [5.74, 6) is 0.826. The Balaban J connectivity index is 1.85. The average Bonchev–Trinajstić information content (AvgIpc) is 3.00. The lowest BCUT2D eigenvalue weighted by Gasteiger charge is -2.41. The van der Waals surface area contributed by atoms with Crippen molar-refractivity contribution in [2.75, 3.05) is 25.0 Å². The number of aliphatic hydroxyl groups is 1. The molecule has 0 spiro atoms. The van der Waals surface area contributed by atoms with Crippen LogP contribution in [-0.4, -0.2) is 52.5 Å². The lowest BCUT2D eigenvalue weighted by atomic mass is 9.97. The van der Waals surface area contributed by atoms with Crippen molar-refractivity contribution in [3.63, 3.8) is 0 Å². The predicted octanol–water partition coefficient (Wildman–Crippen LogP) is 2.13. The van der Waals surface area contributed by atoms with E-state index in [1.807, 2.05) is 35.2 Å². The van der Waals surface area contributed by atoms with Crippen molar-refractivity contribution in [1.82, 2.24) is 10.1 Å². The highest BCUT2D eigenvalue weighted by atomic mass is 16.5. The number of amides is 1. The number of carbonyl (C=O) groups is 1. The SMILES string of the molecule is Cc1cc(NC(=O)C(c2ccccc2)N2CCOC(C(C)(C)O)C2)no1. The molecule has 1 aromatic heterocycles. The quantitative estimate of drug-likeness (QED) is 0.850. The van der Waals surface area contributed by atoms with Crippen LogP contribution in [0.4, 0.5) is 5.82 Å². The third-order valence-electron chi connectivity index (χ3n) is 4.49. The van der Waals surface area contributed by atoms with Crippen LogP contribution in [0.25, 0.3) is 0 Å². The van der Waals surface area contributed by atoms with Gasteiger partial charge in [0.1, 0.15) is 11.8 Å². The summed E-state index contributed by atoms with van der Waals surface area (Å²) in [6.07, 6.45) is -0.371. The number of rotatable bonds is 5. The number of aryl methyl sites for hydroxylation is 1. The van der Waals surface area contributed by atoms with Crippen LogP contribution in [0.1, 0.15) is 31.2 Å². The molecule has 7 nitrogen and oxygen atoms in total. The summed E-state index contributed by atoms with van der Waals surface area (Å²) in [5, 5.41) is 17.0. The molecule has 0 aliphatic carbocycles. The minimum absolute atomic E-state index is 0.194. The zero-order chi connectivity index (χ0) is 18.7. The van der Waals surface area contributed by atoms with E-state index in [1.54, 1.807) is 26.8 Å². The van der Waals surface area contributed by atoms with Crippen LogP contribution in [-0.2, 0) is 9.53 Å². The Morgan fingerprint density at radius 2 is 2.12 bits per heavy atom. The first-order valence-electron chi connectivity index (χ1n) is 8.72. The third-order valence-corrected chi connectivity index (χ3v) is 4.49. The molecule has 0 saturated carbocycles. The fourth-order valence-electron chi connectivity index (χ4n) is 3.11. The average molecular weight is 359 g/mol. The van der Waals surface area contributed by atoms with Gasteiger partial charge < -0.3 is 19.7 Å². The molecular weight excluding hydrogens is 334 g/mol. The summed E-state index contributed by atoms with van der Waals surface area (Å²) >= 11 is 0. The second-order valence-electron chi connectivity index (χ2n) is 7.13. The van der Waals surface area contributed by atoms with Gasteiger partial charge in [0.15, 0.2) is 5.82 Å². The predicted molar refractivity (Wildman–Crippen MR) is 96.7 cm³/mol. The van der Waals surface area contributed by atoms with Gasteiger partial charge in [0.2, 0.25) is 5.91 Å². The number of ether oxygens (including phenoxy) is 1. The van der Waals surface area contributed by atoms with Crippen molar-refractivity contribution in [2.45, 2.75) is 38.5 Å². The van der Waals surface area contributed by atoms with Gasteiger partial charge in [-0.2, -0.15) is 0 Å². The van der Waals surface area contributed by atoms with Crippen LogP contribution in [0.2, 0.25) is 0 Å². The number of nitrogens with one attached hydrogen (secondary N) is 1. The molecule has 1 aliphatic rings. The first-order chi connectivity index (χ1) is 12.3. The Morgan fingerprint density at radius 1 is 1.38 bits per heavy atom. The fourth-order valence-corrected chi connectivity index (χ4v) is 3.11. The Kier molecular flexibility index (Phi) is 5.41. The van der Waals surface area contributed by atoms with Gasteiger partial charge in [-0.25, -0.2) is 0 Å². The van der Waals surface area contributed by atoms with E-state index in [9.17, 15) is 9.90 Å². The van der Waals surface area contributed by atoms with E-state index < -0.39 is 11.6 Å². The molecule has 7 heteroatoms. The maximum Gasteiger partial charge on any atom is 0.247 e. The van der Waals surface area contributed by atoms with E-state index in [0.29, 0.717) is 31.3 Å². The van der Waals surface area contributed by atoms with Gasteiger partial charge in [0.05, 0.1) is 18.3 Å². The van der Waals surface area contributed by atoms with E-state index in [4.69, 9.17) is 9.26 Å². The van der Waals surface area contributed by atoms with E-state index in [0.717, 1.165) is 5.56 Å². The molecule has 2 atom stereocenters. The maximum absolute atomic E-state index is 13.0. The van der Waals surface area contributed by atoms with Crippen LogP contribution >= 0.6 is 0 Å². The second-order valence-corrected chi connectivity index (χ2v) is 7.13. The molecule has 3 rings (SSSR count). The highest BCUT2D eigenvalue weighted by Gasteiger charge is 2.37. The number of nitrogens with zero attached hydrogens (tertiary/aromatic N) is 2. The van der Waals surface area contributed by atoms with E-state index in [-0.39, 0.29) is 12.0 Å². The van der Waals surface area contributed by atoms with Gasteiger partial charge in [0.25, 0.3) is 0 Å². The number of hydrogen-bond acceptors (Lipinski definition) is 6. The Labute approximate surface area is 152 Å². The number of benzene rings is 1. The van der Waals surface area contributed by atoms with Gasteiger partial charge in [0, 0.05) is 19.2 Å². The molecule has 2 aromatic rings. The minimum atomic E-state index is -0.986. The van der Waals surface area contributed by atoms with E-state index in [1.165, 1.54) is 0 Å². The number of morpholine rings is 1. The van der Waals surface area contributed by atoms with Gasteiger partial charge in [-0.15, -0.1) is 0 Å². The first kappa shape index (κ1) is 18.6. The first-order valence-corrected chi connectivity index (χ1v) is 8.72. The van der Waals surface area contributed by atoms with Crippen LogP contribution in [0.5, 0.6) is 0 Å². The molecule has 1 amide bonds. The number of anilines is 1. The Morgan fingerprint density at radius 3 is 2.73 bits per heavy atom. The minimum Gasteiger partial charge on any atom is -0.388 e. The molecule has 0 bridgehead atoms. The largest absolute Gasteiger partial charge is 0.388 e. The van der Waals surface area contributed by atoms with Gasteiger partial charge in [-0.3, -0.25) is 9.69 Å².